The number of carbonyl (C=O) groups is 2. The molecule has 1 unspecified atom stereocenters. The summed E-state index contributed by atoms with van der Waals surface area (Å²) < 4.78 is 5.30. The largest absolute Gasteiger partial charge is 0.378 e. The van der Waals surface area contributed by atoms with Crippen molar-refractivity contribution in [1.82, 2.24) is 25.0 Å². The molecule has 8 nitrogen and oxygen atoms in total. The Labute approximate surface area is 167 Å². The SMILES string of the molecule is Cc1nc(CC(=O)N2CCCC(c3cc(C(=O)N4CCOCC4)n[nH]3)C2)cs1. The number of hydrogen-bond donors (Lipinski definition) is 1. The third-order valence-electron chi connectivity index (χ3n) is 5.33. The van der Waals surface area contributed by atoms with Crippen molar-refractivity contribution in [3.05, 3.63) is 33.5 Å². The molecule has 1 N–H and O–H groups in total. The molecule has 2 aromatic rings. The lowest BCUT2D eigenvalue weighted by Gasteiger charge is -2.32. The molecule has 2 saturated heterocycles. The molecule has 0 spiro atoms. The Kier molecular flexibility index (Phi) is 5.72. The number of piperidine rings is 1. The molecule has 0 aromatic carbocycles. The summed E-state index contributed by atoms with van der Waals surface area (Å²) in [4.78, 5) is 33.3. The van der Waals surface area contributed by atoms with Crippen LogP contribution in [0.25, 0.3) is 0 Å². The number of aromatic amines is 1. The van der Waals surface area contributed by atoms with Crippen molar-refractivity contribution in [3.63, 3.8) is 0 Å². The van der Waals surface area contributed by atoms with Gasteiger partial charge in [0.15, 0.2) is 0 Å². The van der Waals surface area contributed by atoms with Crippen LogP contribution in [0.5, 0.6) is 0 Å². The van der Waals surface area contributed by atoms with E-state index in [1.165, 1.54) is 0 Å². The van der Waals surface area contributed by atoms with Crippen molar-refractivity contribution in [3.8, 4) is 0 Å². The van der Waals surface area contributed by atoms with Crippen molar-refractivity contribution in [2.75, 3.05) is 39.4 Å². The first-order valence-corrected chi connectivity index (χ1v) is 10.6. The molecule has 28 heavy (non-hydrogen) atoms. The van der Waals surface area contributed by atoms with E-state index < -0.39 is 0 Å². The first-order chi connectivity index (χ1) is 13.6. The summed E-state index contributed by atoms with van der Waals surface area (Å²) in [5, 5.41) is 10.2. The average molecular weight is 404 g/mol. The molecule has 2 fully saturated rings. The molecular weight excluding hydrogens is 378 g/mol. The molecule has 0 bridgehead atoms. The van der Waals surface area contributed by atoms with E-state index in [-0.39, 0.29) is 17.7 Å². The van der Waals surface area contributed by atoms with Gasteiger partial charge in [-0.1, -0.05) is 0 Å². The highest BCUT2D eigenvalue weighted by Gasteiger charge is 2.28. The average Bonchev–Trinajstić information content (AvgIpc) is 3.37. The molecule has 4 heterocycles. The van der Waals surface area contributed by atoms with Gasteiger partial charge in [0.1, 0.15) is 5.69 Å². The summed E-state index contributed by atoms with van der Waals surface area (Å²) >= 11 is 1.57. The van der Waals surface area contributed by atoms with Gasteiger partial charge < -0.3 is 14.5 Å². The molecule has 4 rings (SSSR count). The summed E-state index contributed by atoms with van der Waals surface area (Å²) in [6.07, 6.45) is 2.27. The van der Waals surface area contributed by atoms with E-state index >= 15 is 0 Å². The van der Waals surface area contributed by atoms with Crippen LogP contribution in [0.3, 0.4) is 0 Å². The summed E-state index contributed by atoms with van der Waals surface area (Å²) in [6, 6.07) is 1.85. The maximum Gasteiger partial charge on any atom is 0.274 e. The zero-order valence-corrected chi connectivity index (χ0v) is 16.8. The standard InChI is InChI=1S/C19H25N5O3S/c1-13-20-15(12-28-13)9-18(25)24-4-2-3-14(11-24)16-10-17(22-21-16)19(26)23-5-7-27-8-6-23/h10,12,14H,2-9,11H2,1H3,(H,21,22). The van der Waals surface area contributed by atoms with Gasteiger partial charge in [-0.05, 0) is 25.8 Å². The van der Waals surface area contributed by atoms with Gasteiger partial charge in [0.25, 0.3) is 5.91 Å². The van der Waals surface area contributed by atoms with E-state index in [0.717, 1.165) is 35.8 Å². The Morgan fingerprint density at radius 2 is 2.11 bits per heavy atom. The number of H-pyrrole nitrogens is 1. The Morgan fingerprint density at radius 1 is 1.29 bits per heavy atom. The van der Waals surface area contributed by atoms with Gasteiger partial charge in [-0.3, -0.25) is 14.7 Å². The second-order valence-electron chi connectivity index (χ2n) is 7.33. The third kappa shape index (κ3) is 4.25. The van der Waals surface area contributed by atoms with Crippen LogP contribution in [-0.4, -0.2) is 76.2 Å². The third-order valence-corrected chi connectivity index (χ3v) is 6.15. The van der Waals surface area contributed by atoms with Gasteiger partial charge in [0.2, 0.25) is 5.91 Å². The van der Waals surface area contributed by atoms with E-state index in [9.17, 15) is 9.59 Å². The number of ether oxygens (including phenoxy) is 1. The Hall–Kier alpha value is -2.26. The number of aromatic nitrogens is 3. The molecule has 2 aromatic heterocycles. The zero-order valence-electron chi connectivity index (χ0n) is 16.0. The van der Waals surface area contributed by atoms with Crippen LogP contribution in [-0.2, 0) is 16.0 Å². The van der Waals surface area contributed by atoms with E-state index in [1.54, 1.807) is 16.2 Å². The fourth-order valence-electron chi connectivity index (χ4n) is 3.80. The fraction of sp³-hybridized carbons (Fsp3) is 0.579. The second-order valence-corrected chi connectivity index (χ2v) is 8.39. The highest BCUT2D eigenvalue weighted by molar-refractivity contribution is 7.09. The van der Waals surface area contributed by atoms with Crippen LogP contribution in [0.2, 0.25) is 0 Å². The lowest BCUT2D eigenvalue weighted by Crippen LogP contribution is -2.41. The van der Waals surface area contributed by atoms with E-state index in [2.05, 4.69) is 15.2 Å². The number of aryl methyl sites for hydroxylation is 1. The van der Waals surface area contributed by atoms with Gasteiger partial charge in [-0.15, -0.1) is 11.3 Å². The monoisotopic (exact) mass is 403 g/mol. The van der Waals surface area contributed by atoms with Gasteiger partial charge >= 0.3 is 0 Å². The number of hydrogen-bond acceptors (Lipinski definition) is 6. The Morgan fingerprint density at radius 3 is 2.86 bits per heavy atom. The molecule has 2 aliphatic rings. The number of likely N-dealkylation sites (tertiary alicyclic amines) is 1. The Balaban J connectivity index is 1.38. The van der Waals surface area contributed by atoms with Crippen LogP contribution >= 0.6 is 11.3 Å². The normalized spacial score (nSPS) is 20.4. The topological polar surface area (TPSA) is 91.4 Å². The maximum absolute atomic E-state index is 12.7. The number of nitrogens with zero attached hydrogens (tertiary/aromatic N) is 4. The summed E-state index contributed by atoms with van der Waals surface area (Å²) in [5.41, 5.74) is 2.21. The first-order valence-electron chi connectivity index (χ1n) is 9.71. The molecule has 150 valence electrons. The number of rotatable bonds is 4. The summed E-state index contributed by atoms with van der Waals surface area (Å²) in [6.45, 7) is 5.71. The van der Waals surface area contributed by atoms with Crippen molar-refractivity contribution in [2.45, 2.75) is 32.1 Å². The number of amides is 2. The van der Waals surface area contributed by atoms with E-state index in [4.69, 9.17) is 4.74 Å². The van der Waals surface area contributed by atoms with Crippen molar-refractivity contribution in [1.29, 1.82) is 0 Å². The Bertz CT molecular complexity index is 842. The van der Waals surface area contributed by atoms with Gasteiger partial charge in [-0.25, -0.2) is 4.98 Å². The van der Waals surface area contributed by atoms with E-state index in [1.807, 2.05) is 23.3 Å². The summed E-state index contributed by atoms with van der Waals surface area (Å²) in [5.74, 6) is 0.223. The maximum atomic E-state index is 12.7. The summed E-state index contributed by atoms with van der Waals surface area (Å²) in [7, 11) is 0. The zero-order chi connectivity index (χ0) is 19.5. The number of nitrogens with one attached hydrogen (secondary N) is 1. The number of carbonyl (C=O) groups excluding carboxylic acids is 2. The fourth-order valence-corrected chi connectivity index (χ4v) is 4.41. The van der Waals surface area contributed by atoms with Crippen LogP contribution in [0.1, 0.15) is 45.6 Å². The molecule has 1 atom stereocenters. The predicted molar refractivity (Wildman–Crippen MR) is 104 cm³/mol. The van der Waals surface area contributed by atoms with Crippen molar-refractivity contribution in [2.24, 2.45) is 0 Å². The van der Waals surface area contributed by atoms with Crippen molar-refractivity contribution < 1.29 is 14.3 Å². The van der Waals surface area contributed by atoms with Gasteiger partial charge in [-0.2, -0.15) is 5.10 Å². The van der Waals surface area contributed by atoms with Crippen LogP contribution < -0.4 is 0 Å². The minimum absolute atomic E-state index is 0.0616. The highest BCUT2D eigenvalue weighted by atomic mass is 32.1. The second kappa shape index (κ2) is 8.40. The van der Waals surface area contributed by atoms with E-state index in [0.29, 0.717) is 45.0 Å². The van der Waals surface area contributed by atoms with Crippen molar-refractivity contribution >= 4 is 23.2 Å². The lowest BCUT2D eigenvalue weighted by molar-refractivity contribution is -0.131. The van der Waals surface area contributed by atoms with Crippen LogP contribution in [0.4, 0.5) is 0 Å². The molecule has 2 amide bonds. The van der Waals surface area contributed by atoms with Crippen LogP contribution in [0, 0.1) is 6.92 Å². The smallest absolute Gasteiger partial charge is 0.274 e. The first kappa shape index (κ1) is 19.1. The number of morpholine rings is 1. The molecule has 0 radical (unpaired) electrons. The quantitative estimate of drug-likeness (QED) is 0.837. The minimum Gasteiger partial charge on any atom is -0.378 e. The molecule has 0 aliphatic carbocycles. The van der Waals surface area contributed by atoms with Gasteiger partial charge in [0.05, 0.1) is 30.3 Å². The van der Waals surface area contributed by atoms with Crippen LogP contribution in [0.15, 0.2) is 11.4 Å². The molecule has 9 heteroatoms. The van der Waals surface area contributed by atoms with Gasteiger partial charge in [0, 0.05) is 43.2 Å². The number of thiazole rings is 1. The predicted octanol–water partition coefficient (Wildman–Crippen LogP) is 1.60. The highest BCUT2D eigenvalue weighted by Crippen LogP contribution is 2.27. The minimum atomic E-state index is -0.0616. The molecule has 2 aliphatic heterocycles. The molecule has 0 saturated carbocycles. The lowest BCUT2D eigenvalue weighted by atomic mass is 9.94. The molecular formula is C19H25N5O3S.